The molecule has 146 valence electrons. The van der Waals surface area contributed by atoms with E-state index in [0.717, 1.165) is 0 Å². The van der Waals surface area contributed by atoms with Gasteiger partial charge in [0.25, 0.3) is 6.43 Å². The molecule has 0 saturated carbocycles. The van der Waals surface area contributed by atoms with Crippen molar-refractivity contribution in [2.45, 2.75) is 13.0 Å². The number of nitrogens with zero attached hydrogens (tertiary/aromatic N) is 4. The lowest BCUT2D eigenvalue weighted by Gasteiger charge is -2.09. The van der Waals surface area contributed by atoms with Crippen molar-refractivity contribution >= 4 is 11.8 Å². The number of alkyl halides is 2. The maximum absolute atomic E-state index is 13.0. The smallest absolute Gasteiger partial charge is 0.256 e. The van der Waals surface area contributed by atoms with Crippen LogP contribution in [0.3, 0.4) is 0 Å². The zero-order chi connectivity index (χ0) is 20.4. The van der Waals surface area contributed by atoms with Crippen molar-refractivity contribution in [3.63, 3.8) is 0 Å². The van der Waals surface area contributed by atoms with Crippen molar-refractivity contribution in [3.05, 3.63) is 54.0 Å². The van der Waals surface area contributed by atoms with Gasteiger partial charge in [-0.2, -0.15) is 5.26 Å². The predicted octanol–water partition coefficient (Wildman–Crippen LogP) is 3.22. The number of ether oxygens (including phenoxy) is 2. The van der Waals surface area contributed by atoms with Crippen LogP contribution >= 0.6 is 0 Å². The summed E-state index contributed by atoms with van der Waals surface area (Å²) in [5, 5.41) is 17.3. The number of nitrogens with one attached hydrogen (secondary N) is 2. The fraction of sp³-hybridized carbons (Fsp3) is 0.158. The first-order valence-electron chi connectivity index (χ1n) is 8.50. The Balaban J connectivity index is 1.71. The minimum absolute atomic E-state index is 0.0364. The quantitative estimate of drug-likeness (QED) is 0.621. The topological polar surface area (TPSA) is 113 Å². The number of hydrogen-bond donors (Lipinski definition) is 2. The van der Waals surface area contributed by atoms with Crippen molar-refractivity contribution in [1.29, 1.82) is 10.7 Å². The fourth-order valence-corrected chi connectivity index (χ4v) is 2.93. The van der Waals surface area contributed by atoms with E-state index in [9.17, 15) is 8.78 Å². The van der Waals surface area contributed by atoms with Crippen molar-refractivity contribution in [3.8, 4) is 28.8 Å². The van der Waals surface area contributed by atoms with E-state index in [4.69, 9.17) is 20.1 Å². The maximum Gasteiger partial charge on any atom is 0.256 e. The van der Waals surface area contributed by atoms with Gasteiger partial charge < -0.3 is 19.0 Å². The Hall–Kier alpha value is -4.00. The van der Waals surface area contributed by atoms with Gasteiger partial charge in [0.2, 0.25) is 6.79 Å². The summed E-state index contributed by atoms with van der Waals surface area (Å²) >= 11 is 0. The van der Waals surface area contributed by atoms with Crippen LogP contribution in [0.1, 0.15) is 17.2 Å². The van der Waals surface area contributed by atoms with Crippen molar-refractivity contribution in [1.82, 2.24) is 19.5 Å². The van der Waals surface area contributed by atoms with Gasteiger partial charge in [-0.1, -0.05) is 0 Å². The normalized spacial score (nSPS) is 12.6. The summed E-state index contributed by atoms with van der Waals surface area (Å²) in [5.41, 5.74) is 1.45. The molecule has 0 fully saturated rings. The minimum Gasteiger partial charge on any atom is -0.454 e. The van der Waals surface area contributed by atoms with Crippen molar-refractivity contribution in [2.24, 2.45) is 0 Å². The number of benzene rings is 1. The Morgan fingerprint density at radius 3 is 2.93 bits per heavy atom. The third-order valence-electron chi connectivity index (χ3n) is 4.20. The zero-order valence-corrected chi connectivity index (χ0v) is 14.9. The van der Waals surface area contributed by atoms with Crippen molar-refractivity contribution in [2.75, 3.05) is 6.79 Å². The average Bonchev–Trinajstić information content (AvgIpc) is 3.44. The van der Waals surface area contributed by atoms with Crippen LogP contribution in [-0.4, -0.2) is 38.4 Å². The Labute approximate surface area is 163 Å². The molecule has 0 amide bonds. The molecule has 4 rings (SSSR count). The van der Waals surface area contributed by atoms with E-state index in [0.29, 0.717) is 28.6 Å². The third-order valence-corrected chi connectivity index (χ3v) is 4.20. The van der Waals surface area contributed by atoms with Crippen LogP contribution in [0.5, 0.6) is 11.5 Å². The summed E-state index contributed by atoms with van der Waals surface area (Å²) in [6.07, 6.45) is 2.95. The highest BCUT2D eigenvalue weighted by Crippen LogP contribution is 2.36. The summed E-state index contributed by atoms with van der Waals surface area (Å²) < 4.78 is 38.0. The first kappa shape index (κ1) is 18.4. The van der Waals surface area contributed by atoms with Gasteiger partial charge in [0.15, 0.2) is 11.5 Å². The van der Waals surface area contributed by atoms with Crippen LogP contribution < -0.4 is 9.47 Å². The van der Waals surface area contributed by atoms with E-state index in [1.807, 2.05) is 6.07 Å². The second-order valence-corrected chi connectivity index (χ2v) is 6.09. The number of rotatable bonds is 6. The number of halogens is 2. The molecule has 0 saturated heterocycles. The second-order valence-electron chi connectivity index (χ2n) is 6.09. The number of imidazole rings is 2. The number of hydrogen-bond acceptors (Lipinski definition) is 6. The number of fused-ring (bicyclic) bond motifs is 1. The Kier molecular flexibility index (Phi) is 4.78. The first-order chi connectivity index (χ1) is 14.0. The molecule has 1 aromatic carbocycles. The largest absolute Gasteiger partial charge is 0.454 e. The molecular formula is C19H14F2N6O2. The second kappa shape index (κ2) is 7.55. The molecule has 0 aliphatic carbocycles. The first-order valence-corrected chi connectivity index (χ1v) is 8.50. The lowest BCUT2D eigenvalue weighted by Crippen LogP contribution is -2.12. The molecule has 1 aliphatic heterocycles. The molecule has 29 heavy (non-hydrogen) atoms. The van der Waals surface area contributed by atoms with Crippen molar-refractivity contribution < 1.29 is 18.3 Å². The van der Waals surface area contributed by atoms with Gasteiger partial charge >= 0.3 is 0 Å². The SMILES string of the molecule is N#Cc1cnc(/C=C\C(=N)c2c(-c3ccc4c(c3)OCO4)ncn2CC(F)F)[nH]1. The van der Waals surface area contributed by atoms with Gasteiger partial charge in [0, 0.05) is 5.56 Å². The van der Waals surface area contributed by atoms with Gasteiger partial charge in [-0.05, 0) is 30.4 Å². The average molecular weight is 396 g/mol. The third kappa shape index (κ3) is 3.70. The number of H-pyrrole nitrogens is 1. The van der Waals surface area contributed by atoms with Crippen LogP contribution in [0.15, 0.2) is 36.8 Å². The van der Waals surface area contributed by atoms with E-state index in [-0.39, 0.29) is 23.9 Å². The van der Waals surface area contributed by atoms with E-state index in [2.05, 4.69) is 15.0 Å². The minimum atomic E-state index is -2.60. The van der Waals surface area contributed by atoms with E-state index >= 15 is 0 Å². The van der Waals surface area contributed by atoms with E-state index in [1.54, 1.807) is 18.2 Å². The summed E-state index contributed by atoms with van der Waals surface area (Å²) in [4.78, 5) is 11.0. The number of nitriles is 1. The molecule has 0 unspecified atom stereocenters. The Bertz CT molecular complexity index is 1140. The van der Waals surface area contributed by atoms with Gasteiger partial charge in [-0.3, -0.25) is 5.41 Å². The van der Waals surface area contributed by atoms with Gasteiger partial charge in [0.1, 0.15) is 17.6 Å². The fourth-order valence-electron chi connectivity index (χ4n) is 2.93. The number of allylic oxidation sites excluding steroid dienone is 1. The molecule has 10 heteroatoms. The molecule has 0 spiro atoms. The molecule has 2 N–H and O–H groups in total. The summed E-state index contributed by atoms with van der Waals surface area (Å²) in [7, 11) is 0. The molecule has 2 aromatic heterocycles. The maximum atomic E-state index is 13.0. The van der Waals surface area contributed by atoms with Crippen LogP contribution in [-0.2, 0) is 6.54 Å². The Morgan fingerprint density at radius 1 is 1.34 bits per heavy atom. The highest BCUT2D eigenvalue weighted by molar-refractivity contribution is 6.11. The van der Waals surface area contributed by atoms with Crippen LogP contribution in [0.4, 0.5) is 8.78 Å². The summed E-state index contributed by atoms with van der Waals surface area (Å²) in [5.74, 6) is 1.48. The molecule has 0 atom stereocenters. The number of aromatic amines is 1. The molecule has 3 heterocycles. The van der Waals surface area contributed by atoms with Crippen LogP contribution in [0.2, 0.25) is 0 Å². The molecule has 0 radical (unpaired) electrons. The Morgan fingerprint density at radius 2 is 2.17 bits per heavy atom. The van der Waals surface area contributed by atoms with Gasteiger partial charge in [-0.25, -0.2) is 18.7 Å². The molecule has 3 aromatic rings. The van der Waals surface area contributed by atoms with Crippen LogP contribution in [0.25, 0.3) is 17.3 Å². The molecule has 8 nitrogen and oxygen atoms in total. The molecular weight excluding hydrogens is 382 g/mol. The summed E-state index contributed by atoms with van der Waals surface area (Å²) in [6.45, 7) is -0.486. The lowest BCUT2D eigenvalue weighted by molar-refractivity contribution is 0.126. The lowest BCUT2D eigenvalue weighted by atomic mass is 10.1. The predicted molar refractivity (Wildman–Crippen MR) is 99.0 cm³/mol. The van der Waals surface area contributed by atoms with Crippen LogP contribution in [0, 0.1) is 16.7 Å². The zero-order valence-electron chi connectivity index (χ0n) is 14.9. The monoisotopic (exact) mass is 396 g/mol. The van der Waals surface area contributed by atoms with Gasteiger partial charge in [-0.15, -0.1) is 0 Å². The number of aromatic nitrogens is 4. The highest BCUT2D eigenvalue weighted by atomic mass is 19.3. The highest BCUT2D eigenvalue weighted by Gasteiger charge is 2.21. The van der Waals surface area contributed by atoms with E-state index in [1.165, 1.54) is 29.2 Å². The standard InChI is InChI=1S/C19H14F2N6O2/c20-16(21)8-27-9-25-18(11-1-3-14-15(5-11)29-10-28-14)19(27)13(23)2-4-17-24-7-12(6-22)26-17/h1-5,7,9,16,23H,8,10H2,(H,24,26)/b4-2-,23-13?. The molecule has 1 aliphatic rings. The summed E-state index contributed by atoms with van der Waals surface area (Å²) in [6, 6.07) is 7.06. The van der Waals surface area contributed by atoms with Gasteiger partial charge in [0.05, 0.1) is 36.2 Å². The van der Waals surface area contributed by atoms with E-state index < -0.39 is 13.0 Å². The molecule has 0 bridgehead atoms.